The topological polar surface area (TPSA) is 80.3 Å². The van der Waals surface area contributed by atoms with E-state index in [1.165, 1.54) is 5.56 Å². The van der Waals surface area contributed by atoms with Gasteiger partial charge in [-0.2, -0.15) is 0 Å². The van der Waals surface area contributed by atoms with E-state index in [1.54, 1.807) is 18.2 Å². The standard InChI is InChI=1S/C17H23NO4S2/c1-2-9-18-16-11-23(19,20)12-17(16)24(21,22)15-8-7-13-5-3-4-6-14(13)10-15/h2,7-8,10,16-18H,1,3-6,9,11-12H2/t16-,17-/m0/s1. The van der Waals surface area contributed by atoms with Crippen LogP contribution in [0.5, 0.6) is 0 Å². The number of nitrogens with one attached hydrogen (secondary N) is 1. The van der Waals surface area contributed by atoms with E-state index >= 15 is 0 Å². The van der Waals surface area contributed by atoms with E-state index in [0.29, 0.717) is 6.54 Å². The quantitative estimate of drug-likeness (QED) is 0.791. The molecule has 1 aliphatic heterocycles. The zero-order chi connectivity index (χ0) is 17.4. The molecular formula is C17H23NO4S2. The van der Waals surface area contributed by atoms with Gasteiger partial charge in [0.05, 0.1) is 21.7 Å². The molecule has 24 heavy (non-hydrogen) atoms. The number of hydrogen-bond donors (Lipinski definition) is 1. The highest BCUT2D eigenvalue weighted by atomic mass is 32.2. The molecule has 1 fully saturated rings. The highest BCUT2D eigenvalue weighted by molar-refractivity contribution is 7.96. The largest absolute Gasteiger partial charge is 0.308 e. The van der Waals surface area contributed by atoms with Crippen molar-refractivity contribution in [1.29, 1.82) is 0 Å². The summed E-state index contributed by atoms with van der Waals surface area (Å²) in [4.78, 5) is 0.246. The van der Waals surface area contributed by atoms with Gasteiger partial charge in [0.15, 0.2) is 19.7 Å². The summed E-state index contributed by atoms with van der Waals surface area (Å²) in [7, 11) is -7.06. The van der Waals surface area contributed by atoms with E-state index in [0.717, 1.165) is 31.2 Å². The maximum Gasteiger partial charge on any atom is 0.183 e. The molecule has 132 valence electrons. The van der Waals surface area contributed by atoms with Crippen LogP contribution in [0.4, 0.5) is 0 Å². The number of benzene rings is 1. The minimum atomic E-state index is -3.70. The van der Waals surface area contributed by atoms with E-state index in [4.69, 9.17) is 0 Å². The molecule has 0 unspecified atom stereocenters. The second kappa shape index (κ2) is 6.61. The van der Waals surface area contributed by atoms with Gasteiger partial charge in [-0.25, -0.2) is 16.8 Å². The first-order valence-corrected chi connectivity index (χ1v) is 11.6. The summed E-state index contributed by atoms with van der Waals surface area (Å²) in [6, 6.07) is 4.68. The van der Waals surface area contributed by atoms with Gasteiger partial charge < -0.3 is 5.32 Å². The molecule has 0 amide bonds. The van der Waals surface area contributed by atoms with Gasteiger partial charge in [-0.3, -0.25) is 0 Å². The van der Waals surface area contributed by atoms with Gasteiger partial charge >= 0.3 is 0 Å². The molecule has 0 bridgehead atoms. The van der Waals surface area contributed by atoms with E-state index in [1.807, 2.05) is 6.07 Å². The zero-order valence-electron chi connectivity index (χ0n) is 13.6. The molecule has 1 N–H and O–H groups in total. The normalized spacial score (nSPS) is 26.0. The molecule has 2 atom stereocenters. The lowest BCUT2D eigenvalue weighted by atomic mass is 9.92. The molecule has 1 aliphatic carbocycles. The van der Waals surface area contributed by atoms with Gasteiger partial charge in [0.25, 0.3) is 0 Å². The molecule has 5 nitrogen and oxygen atoms in total. The number of hydrogen-bond acceptors (Lipinski definition) is 5. The Morgan fingerprint density at radius 3 is 2.58 bits per heavy atom. The zero-order valence-corrected chi connectivity index (χ0v) is 15.2. The first kappa shape index (κ1) is 17.6. The van der Waals surface area contributed by atoms with E-state index in [-0.39, 0.29) is 16.4 Å². The van der Waals surface area contributed by atoms with Gasteiger partial charge in [-0.05, 0) is 48.9 Å². The van der Waals surface area contributed by atoms with Crippen molar-refractivity contribution in [2.75, 3.05) is 18.1 Å². The van der Waals surface area contributed by atoms with E-state index < -0.39 is 31.0 Å². The summed E-state index contributed by atoms with van der Waals surface area (Å²) < 4.78 is 50.1. The van der Waals surface area contributed by atoms with Crippen LogP contribution in [0.2, 0.25) is 0 Å². The predicted molar refractivity (Wildman–Crippen MR) is 94.7 cm³/mol. The Kier molecular flexibility index (Phi) is 4.86. The average Bonchev–Trinajstić information content (AvgIpc) is 2.88. The van der Waals surface area contributed by atoms with Crippen molar-refractivity contribution in [1.82, 2.24) is 5.32 Å². The number of aryl methyl sites for hydroxylation is 2. The van der Waals surface area contributed by atoms with Crippen molar-refractivity contribution >= 4 is 19.7 Å². The maximum atomic E-state index is 13.1. The van der Waals surface area contributed by atoms with Gasteiger partial charge in [0.1, 0.15) is 0 Å². The second-order valence-corrected chi connectivity index (χ2v) is 10.9. The fraction of sp³-hybridized carbons (Fsp3) is 0.529. The molecule has 0 saturated carbocycles. The molecule has 0 radical (unpaired) electrons. The van der Waals surface area contributed by atoms with Gasteiger partial charge in [0, 0.05) is 12.6 Å². The fourth-order valence-electron chi connectivity index (χ4n) is 3.61. The van der Waals surface area contributed by atoms with Gasteiger partial charge in [-0.1, -0.05) is 12.1 Å². The Labute approximate surface area is 144 Å². The van der Waals surface area contributed by atoms with Crippen LogP contribution in [-0.2, 0) is 32.5 Å². The molecular weight excluding hydrogens is 346 g/mol. The van der Waals surface area contributed by atoms with Gasteiger partial charge in [-0.15, -0.1) is 6.58 Å². The first-order chi connectivity index (χ1) is 11.3. The third-order valence-corrected chi connectivity index (χ3v) is 9.02. The molecule has 7 heteroatoms. The highest BCUT2D eigenvalue weighted by Gasteiger charge is 2.45. The molecule has 0 aromatic heterocycles. The Morgan fingerprint density at radius 2 is 1.88 bits per heavy atom. The summed E-state index contributed by atoms with van der Waals surface area (Å²) in [6.07, 6.45) is 5.68. The Morgan fingerprint density at radius 1 is 1.17 bits per heavy atom. The summed E-state index contributed by atoms with van der Waals surface area (Å²) >= 11 is 0. The van der Waals surface area contributed by atoms with Crippen LogP contribution in [0.25, 0.3) is 0 Å². The lowest BCUT2D eigenvalue weighted by molar-refractivity contribution is 0.543. The van der Waals surface area contributed by atoms with Crippen molar-refractivity contribution < 1.29 is 16.8 Å². The SMILES string of the molecule is C=CCN[C@H]1CS(=O)(=O)C[C@@H]1S(=O)(=O)c1ccc2c(c1)CCCC2. The van der Waals surface area contributed by atoms with Gasteiger partial charge in [0.2, 0.25) is 0 Å². The summed E-state index contributed by atoms with van der Waals surface area (Å²) in [6.45, 7) is 3.98. The summed E-state index contributed by atoms with van der Waals surface area (Å²) in [5.41, 5.74) is 2.29. The van der Waals surface area contributed by atoms with E-state index in [2.05, 4.69) is 11.9 Å². The number of fused-ring (bicyclic) bond motifs is 1. The van der Waals surface area contributed by atoms with Crippen molar-refractivity contribution in [2.24, 2.45) is 0 Å². The van der Waals surface area contributed by atoms with Crippen molar-refractivity contribution in [3.63, 3.8) is 0 Å². The predicted octanol–water partition coefficient (Wildman–Crippen LogP) is 1.28. The molecule has 3 rings (SSSR count). The van der Waals surface area contributed by atoms with Crippen LogP contribution in [0, 0.1) is 0 Å². The number of sulfone groups is 2. The summed E-state index contributed by atoms with van der Waals surface area (Å²) in [5.74, 6) is -0.461. The van der Waals surface area contributed by atoms with E-state index in [9.17, 15) is 16.8 Å². The Balaban J connectivity index is 1.95. The molecule has 2 aliphatic rings. The molecule has 1 aromatic rings. The fourth-order valence-corrected chi connectivity index (χ4v) is 8.37. The second-order valence-electron chi connectivity index (χ2n) is 6.60. The van der Waals surface area contributed by atoms with Crippen LogP contribution >= 0.6 is 0 Å². The van der Waals surface area contributed by atoms with Crippen LogP contribution in [0.1, 0.15) is 24.0 Å². The smallest absolute Gasteiger partial charge is 0.183 e. The minimum Gasteiger partial charge on any atom is -0.308 e. The maximum absolute atomic E-state index is 13.1. The summed E-state index contributed by atoms with van der Waals surface area (Å²) in [5, 5.41) is 2.06. The lowest BCUT2D eigenvalue weighted by Crippen LogP contribution is -2.43. The van der Waals surface area contributed by atoms with Crippen molar-refractivity contribution in [3.05, 3.63) is 42.0 Å². The number of rotatable bonds is 5. The first-order valence-electron chi connectivity index (χ1n) is 8.24. The third-order valence-electron chi connectivity index (χ3n) is 4.87. The third kappa shape index (κ3) is 3.43. The Hall–Kier alpha value is -1.18. The van der Waals surface area contributed by atoms with Crippen LogP contribution in [-0.4, -0.2) is 46.2 Å². The van der Waals surface area contributed by atoms with Crippen LogP contribution in [0.3, 0.4) is 0 Å². The average molecular weight is 370 g/mol. The van der Waals surface area contributed by atoms with Crippen LogP contribution in [0.15, 0.2) is 35.7 Å². The van der Waals surface area contributed by atoms with Crippen LogP contribution < -0.4 is 5.32 Å². The Bertz CT molecular complexity index is 843. The minimum absolute atomic E-state index is 0.143. The lowest BCUT2D eigenvalue weighted by Gasteiger charge is -2.21. The highest BCUT2D eigenvalue weighted by Crippen LogP contribution is 2.29. The van der Waals surface area contributed by atoms with Crippen molar-refractivity contribution in [3.8, 4) is 0 Å². The molecule has 0 spiro atoms. The van der Waals surface area contributed by atoms with Crippen molar-refractivity contribution in [2.45, 2.75) is 41.9 Å². The molecule has 1 saturated heterocycles. The monoisotopic (exact) mass is 369 g/mol. The molecule has 1 aromatic carbocycles. The molecule has 1 heterocycles.